The highest BCUT2D eigenvalue weighted by molar-refractivity contribution is 7.18. The first-order valence-corrected chi connectivity index (χ1v) is 7.42. The molecule has 104 valence electrons. The molecule has 6 heteroatoms. The van der Waals surface area contributed by atoms with E-state index in [1.54, 1.807) is 12.1 Å². The van der Waals surface area contributed by atoms with Gasteiger partial charge in [0.15, 0.2) is 0 Å². The van der Waals surface area contributed by atoms with Crippen LogP contribution in [-0.2, 0) is 4.79 Å². The van der Waals surface area contributed by atoms with Gasteiger partial charge >= 0.3 is 5.97 Å². The third-order valence-electron chi connectivity index (χ3n) is 3.70. The summed E-state index contributed by atoms with van der Waals surface area (Å²) in [5.74, 6) is -1.61. The average molecular weight is 302 g/mol. The van der Waals surface area contributed by atoms with Crippen molar-refractivity contribution in [3.8, 4) is 0 Å². The number of aliphatic carboxylic acids is 1. The first-order chi connectivity index (χ1) is 8.92. The van der Waals surface area contributed by atoms with Crippen molar-refractivity contribution in [3.63, 3.8) is 0 Å². The molecule has 1 amide bonds. The van der Waals surface area contributed by atoms with Crippen LogP contribution < -0.4 is 5.32 Å². The summed E-state index contributed by atoms with van der Waals surface area (Å²) in [5, 5.41) is 12.2. The van der Waals surface area contributed by atoms with Crippen LogP contribution in [0.25, 0.3) is 0 Å². The summed E-state index contributed by atoms with van der Waals surface area (Å²) >= 11 is 7.00. The second kappa shape index (κ2) is 5.51. The zero-order chi connectivity index (χ0) is 14.0. The normalized spacial score (nSPS) is 26.9. The van der Waals surface area contributed by atoms with Gasteiger partial charge in [0.25, 0.3) is 5.91 Å². The summed E-state index contributed by atoms with van der Waals surface area (Å²) < 4.78 is 0.550. The topological polar surface area (TPSA) is 66.4 Å². The van der Waals surface area contributed by atoms with Crippen molar-refractivity contribution in [1.29, 1.82) is 0 Å². The van der Waals surface area contributed by atoms with E-state index in [0.717, 1.165) is 12.8 Å². The standard InChI is InChI=1S/C13H16ClNO3S/c1-13(7-3-2-4-8(13)12(17)18)15-11(16)9-5-6-10(14)19-9/h5-6,8H,2-4,7H2,1H3,(H,15,16)(H,17,18). The number of thiophene rings is 1. The van der Waals surface area contributed by atoms with E-state index in [2.05, 4.69) is 5.32 Å². The number of hydrogen-bond acceptors (Lipinski definition) is 3. The molecule has 1 fully saturated rings. The predicted octanol–water partition coefficient (Wildman–Crippen LogP) is 3.16. The van der Waals surface area contributed by atoms with Crippen LogP contribution in [0.4, 0.5) is 0 Å². The van der Waals surface area contributed by atoms with Gasteiger partial charge in [-0.25, -0.2) is 0 Å². The highest BCUT2D eigenvalue weighted by Crippen LogP contribution is 2.34. The van der Waals surface area contributed by atoms with Crippen molar-refractivity contribution in [2.24, 2.45) is 5.92 Å². The number of amides is 1. The first kappa shape index (κ1) is 14.3. The summed E-state index contributed by atoms with van der Waals surface area (Å²) in [5.41, 5.74) is -0.683. The van der Waals surface area contributed by atoms with Gasteiger partial charge in [-0.15, -0.1) is 11.3 Å². The van der Waals surface area contributed by atoms with Crippen molar-refractivity contribution in [2.75, 3.05) is 0 Å². The molecule has 0 radical (unpaired) electrons. The number of carbonyl (C=O) groups excluding carboxylic acids is 1. The molecule has 2 unspecified atom stereocenters. The van der Waals surface area contributed by atoms with E-state index in [1.807, 2.05) is 6.92 Å². The van der Waals surface area contributed by atoms with Crippen LogP contribution in [0.1, 0.15) is 42.3 Å². The molecule has 1 aromatic heterocycles. The average Bonchev–Trinajstić information content (AvgIpc) is 2.75. The van der Waals surface area contributed by atoms with Crippen LogP contribution in [0.5, 0.6) is 0 Å². The van der Waals surface area contributed by atoms with Crippen LogP contribution in [0.3, 0.4) is 0 Å². The van der Waals surface area contributed by atoms with E-state index < -0.39 is 17.4 Å². The fraction of sp³-hybridized carbons (Fsp3) is 0.538. The highest BCUT2D eigenvalue weighted by atomic mass is 35.5. The molecular weight excluding hydrogens is 286 g/mol. The molecule has 2 rings (SSSR count). The third kappa shape index (κ3) is 3.09. The minimum Gasteiger partial charge on any atom is -0.481 e. The maximum atomic E-state index is 12.1. The fourth-order valence-corrected chi connectivity index (χ4v) is 3.57. The van der Waals surface area contributed by atoms with Gasteiger partial charge in [0, 0.05) is 0 Å². The number of nitrogens with one attached hydrogen (secondary N) is 1. The lowest BCUT2D eigenvalue weighted by atomic mass is 9.74. The molecule has 2 N–H and O–H groups in total. The maximum absolute atomic E-state index is 12.1. The van der Waals surface area contributed by atoms with Crippen molar-refractivity contribution >= 4 is 34.8 Å². The van der Waals surface area contributed by atoms with Crippen LogP contribution in [0.15, 0.2) is 12.1 Å². The smallest absolute Gasteiger partial charge is 0.308 e. The molecule has 1 saturated carbocycles. The Hall–Kier alpha value is -1.07. The molecule has 1 aromatic rings. The Bertz CT molecular complexity index is 502. The van der Waals surface area contributed by atoms with Crippen LogP contribution in [0, 0.1) is 5.92 Å². The second-order valence-corrected chi connectivity index (χ2v) is 6.83. The lowest BCUT2D eigenvalue weighted by Gasteiger charge is -2.39. The van der Waals surface area contributed by atoms with E-state index in [9.17, 15) is 14.7 Å². The fourth-order valence-electron chi connectivity index (χ4n) is 2.64. The summed E-state index contributed by atoms with van der Waals surface area (Å²) in [6, 6.07) is 3.32. The molecule has 4 nitrogen and oxygen atoms in total. The summed E-state index contributed by atoms with van der Waals surface area (Å²) in [6.45, 7) is 1.82. The molecule has 2 atom stereocenters. The van der Waals surface area contributed by atoms with Gasteiger partial charge in [0.2, 0.25) is 0 Å². The maximum Gasteiger partial charge on any atom is 0.308 e. The Morgan fingerprint density at radius 3 is 2.79 bits per heavy atom. The third-order valence-corrected chi connectivity index (χ3v) is 4.93. The second-order valence-electron chi connectivity index (χ2n) is 5.11. The zero-order valence-electron chi connectivity index (χ0n) is 10.6. The highest BCUT2D eigenvalue weighted by Gasteiger charge is 2.42. The van der Waals surface area contributed by atoms with Gasteiger partial charge in [-0.3, -0.25) is 9.59 Å². The summed E-state index contributed by atoms with van der Waals surface area (Å²) in [4.78, 5) is 24.0. The van der Waals surface area contributed by atoms with Gasteiger partial charge in [0.1, 0.15) is 0 Å². The molecule has 1 aliphatic rings. The largest absolute Gasteiger partial charge is 0.481 e. The van der Waals surface area contributed by atoms with Crippen molar-refractivity contribution in [1.82, 2.24) is 5.32 Å². The molecule has 1 aliphatic carbocycles. The molecule has 0 aliphatic heterocycles. The van der Waals surface area contributed by atoms with Gasteiger partial charge in [0.05, 0.1) is 20.7 Å². The van der Waals surface area contributed by atoms with Crippen molar-refractivity contribution in [2.45, 2.75) is 38.1 Å². The lowest BCUT2D eigenvalue weighted by Crippen LogP contribution is -2.55. The Morgan fingerprint density at radius 2 is 2.21 bits per heavy atom. The molecule has 0 spiro atoms. The van der Waals surface area contributed by atoms with E-state index in [0.29, 0.717) is 22.1 Å². The van der Waals surface area contributed by atoms with Crippen LogP contribution in [-0.4, -0.2) is 22.5 Å². The van der Waals surface area contributed by atoms with Crippen LogP contribution >= 0.6 is 22.9 Å². The monoisotopic (exact) mass is 301 g/mol. The SMILES string of the molecule is CC1(NC(=O)c2ccc(Cl)s2)CCCCC1C(=O)O. The molecule has 0 saturated heterocycles. The van der Waals surface area contributed by atoms with E-state index >= 15 is 0 Å². The molecule has 1 heterocycles. The van der Waals surface area contributed by atoms with Crippen LogP contribution in [0.2, 0.25) is 4.34 Å². The Morgan fingerprint density at radius 1 is 1.47 bits per heavy atom. The minimum absolute atomic E-state index is 0.243. The quantitative estimate of drug-likeness (QED) is 0.901. The molecule has 19 heavy (non-hydrogen) atoms. The van der Waals surface area contributed by atoms with E-state index in [-0.39, 0.29) is 5.91 Å². The number of carbonyl (C=O) groups is 2. The Labute approximate surface area is 120 Å². The van der Waals surface area contributed by atoms with Gasteiger partial charge < -0.3 is 10.4 Å². The van der Waals surface area contributed by atoms with E-state index in [1.165, 1.54) is 11.3 Å². The molecular formula is C13H16ClNO3S. The number of rotatable bonds is 3. The van der Waals surface area contributed by atoms with E-state index in [4.69, 9.17) is 11.6 Å². The summed E-state index contributed by atoms with van der Waals surface area (Å²) in [7, 11) is 0. The first-order valence-electron chi connectivity index (χ1n) is 6.23. The van der Waals surface area contributed by atoms with Gasteiger partial charge in [-0.1, -0.05) is 24.4 Å². The zero-order valence-corrected chi connectivity index (χ0v) is 12.2. The number of carboxylic acid groups (broad SMARTS) is 1. The molecule has 0 bridgehead atoms. The number of carboxylic acids is 1. The number of halogens is 1. The lowest BCUT2D eigenvalue weighted by molar-refractivity contribution is -0.145. The van der Waals surface area contributed by atoms with Gasteiger partial charge in [-0.2, -0.15) is 0 Å². The Kier molecular flexibility index (Phi) is 4.16. The summed E-state index contributed by atoms with van der Waals surface area (Å²) in [6.07, 6.45) is 3.13. The predicted molar refractivity (Wildman–Crippen MR) is 74.8 cm³/mol. The Balaban J connectivity index is 2.15. The minimum atomic E-state index is -0.841. The molecule has 0 aromatic carbocycles. The number of hydrogen-bond donors (Lipinski definition) is 2. The van der Waals surface area contributed by atoms with Gasteiger partial charge in [-0.05, 0) is 31.9 Å². The van der Waals surface area contributed by atoms with Crippen molar-refractivity contribution < 1.29 is 14.7 Å². The van der Waals surface area contributed by atoms with Crippen molar-refractivity contribution in [3.05, 3.63) is 21.3 Å².